The van der Waals surface area contributed by atoms with E-state index in [1.54, 1.807) is 0 Å². The van der Waals surface area contributed by atoms with E-state index in [4.69, 9.17) is 0 Å². The van der Waals surface area contributed by atoms with Gasteiger partial charge in [0.05, 0.1) is 0 Å². The monoisotopic (exact) mass is 229 g/mol. The number of carbonyl (C=O) groups is 1. The lowest BCUT2D eigenvalue weighted by Crippen LogP contribution is -2.35. The molecule has 1 saturated carbocycles. The van der Waals surface area contributed by atoms with Gasteiger partial charge in [0.15, 0.2) is 0 Å². The third kappa shape index (κ3) is 4.06. The Hall–Kier alpha value is -0.180. The first-order valence-electron chi connectivity index (χ1n) is 5.81. The van der Waals surface area contributed by atoms with Crippen LogP contribution in [0.4, 0.5) is 0 Å². The standard InChI is InChI=1S/C12H23NOS/c1-4-11(2,3)8-13-10(14)7-12(9-15)5-6-12/h15H,4-9H2,1-3H3,(H,13,14). The molecular formula is C12H23NOS. The molecule has 1 aliphatic rings. The van der Waals surface area contributed by atoms with E-state index in [0.717, 1.165) is 18.7 Å². The van der Waals surface area contributed by atoms with E-state index in [1.807, 2.05) is 0 Å². The number of hydrogen-bond donors (Lipinski definition) is 2. The van der Waals surface area contributed by atoms with Crippen LogP contribution in [0.2, 0.25) is 0 Å². The molecule has 15 heavy (non-hydrogen) atoms. The number of rotatable bonds is 6. The van der Waals surface area contributed by atoms with Gasteiger partial charge in [-0.3, -0.25) is 4.79 Å². The van der Waals surface area contributed by atoms with Gasteiger partial charge >= 0.3 is 0 Å². The number of carbonyl (C=O) groups excluding carboxylic acids is 1. The molecule has 0 aromatic heterocycles. The van der Waals surface area contributed by atoms with Crippen LogP contribution in [0.1, 0.15) is 46.5 Å². The van der Waals surface area contributed by atoms with Crippen molar-refractivity contribution in [1.82, 2.24) is 5.32 Å². The lowest BCUT2D eigenvalue weighted by Gasteiger charge is -2.23. The van der Waals surface area contributed by atoms with E-state index >= 15 is 0 Å². The second-order valence-corrected chi connectivity index (χ2v) is 5.95. The van der Waals surface area contributed by atoms with Gasteiger partial charge in [-0.05, 0) is 35.8 Å². The van der Waals surface area contributed by atoms with Crippen molar-refractivity contribution >= 4 is 18.5 Å². The van der Waals surface area contributed by atoms with Crippen molar-refractivity contribution in [2.75, 3.05) is 12.3 Å². The molecule has 0 spiro atoms. The zero-order valence-electron chi connectivity index (χ0n) is 10.1. The van der Waals surface area contributed by atoms with Crippen LogP contribution >= 0.6 is 12.6 Å². The van der Waals surface area contributed by atoms with Gasteiger partial charge in [-0.1, -0.05) is 20.8 Å². The average Bonchev–Trinajstić information content (AvgIpc) is 2.96. The highest BCUT2D eigenvalue weighted by molar-refractivity contribution is 7.80. The van der Waals surface area contributed by atoms with E-state index in [0.29, 0.717) is 6.42 Å². The summed E-state index contributed by atoms with van der Waals surface area (Å²) >= 11 is 4.30. The Morgan fingerprint density at radius 3 is 2.47 bits per heavy atom. The molecule has 0 radical (unpaired) electrons. The fourth-order valence-corrected chi connectivity index (χ4v) is 1.86. The molecule has 1 aliphatic carbocycles. The molecule has 3 heteroatoms. The maximum absolute atomic E-state index is 11.7. The Labute approximate surface area is 98.6 Å². The second kappa shape index (κ2) is 4.77. The Morgan fingerprint density at radius 2 is 2.07 bits per heavy atom. The van der Waals surface area contributed by atoms with Crippen molar-refractivity contribution in [1.29, 1.82) is 0 Å². The maximum atomic E-state index is 11.7. The van der Waals surface area contributed by atoms with Gasteiger partial charge in [-0.15, -0.1) is 0 Å². The summed E-state index contributed by atoms with van der Waals surface area (Å²) in [6.45, 7) is 7.30. The normalized spacial score (nSPS) is 18.7. The maximum Gasteiger partial charge on any atom is 0.220 e. The molecule has 0 saturated heterocycles. The molecule has 1 rings (SSSR count). The Kier molecular flexibility index (Phi) is 4.10. The molecule has 1 N–H and O–H groups in total. The zero-order valence-corrected chi connectivity index (χ0v) is 11.0. The summed E-state index contributed by atoms with van der Waals surface area (Å²) in [6, 6.07) is 0. The van der Waals surface area contributed by atoms with Crippen molar-refractivity contribution in [3.63, 3.8) is 0 Å². The summed E-state index contributed by atoms with van der Waals surface area (Å²) in [5, 5.41) is 3.03. The lowest BCUT2D eigenvalue weighted by molar-refractivity contribution is -0.122. The number of thiol groups is 1. The molecule has 88 valence electrons. The number of amides is 1. The molecule has 0 unspecified atom stereocenters. The van der Waals surface area contributed by atoms with Crippen LogP contribution in [-0.4, -0.2) is 18.2 Å². The average molecular weight is 229 g/mol. The fraction of sp³-hybridized carbons (Fsp3) is 0.917. The Morgan fingerprint density at radius 1 is 1.47 bits per heavy atom. The Bertz CT molecular complexity index is 234. The summed E-state index contributed by atoms with van der Waals surface area (Å²) in [4.78, 5) is 11.7. The smallest absolute Gasteiger partial charge is 0.220 e. The van der Waals surface area contributed by atoms with Crippen molar-refractivity contribution in [3.05, 3.63) is 0 Å². The van der Waals surface area contributed by atoms with Gasteiger partial charge in [0.2, 0.25) is 5.91 Å². The van der Waals surface area contributed by atoms with Gasteiger partial charge < -0.3 is 5.32 Å². The summed E-state index contributed by atoms with van der Waals surface area (Å²) in [6.07, 6.45) is 4.09. The molecule has 2 nitrogen and oxygen atoms in total. The molecular weight excluding hydrogens is 206 g/mol. The SMILES string of the molecule is CCC(C)(C)CNC(=O)CC1(CS)CC1. The minimum Gasteiger partial charge on any atom is -0.356 e. The number of nitrogens with one attached hydrogen (secondary N) is 1. The van der Waals surface area contributed by atoms with Crippen molar-refractivity contribution in [2.24, 2.45) is 10.8 Å². The topological polar surface area (TPSA) is 29.1 Å². The third-order valence-corrected chi connectivity index (χ3v) is 4.22. The molecule has 0 heterocycles. The lowest BCUT2D eigenvalue weighted by atomic mass is 9.90. The van der Waals surface area contributed by atoms with Gasteiger partial charge in [-0.25, -0.2) is 0 Å². The third-order valence-electron chi connectivity index (χ3n) is 3.55. The first-order valence-corrected chi connectivity index (χ1v) is 6.44. The number of hydrogen-bond acceptors (Lipinski definition) is 2. The van der Waals surface area contributed by atoms with Crippen LogP contribution in [0, 0.1) is 10.8 Å². The highest BCUT2D eigenvalue weighted by Gasteiger charge is 2.42. The minimum atomic E-state index is 0.197. The zero-order chi connectivity index (χ0) is 11.5. The fourth-order valence-electron chi connectivity index (χ4n) is 1.43. The van der Waals surface area contributed by atoms with Crippen LogP contribution in [0.3, 0.4) is 0 Å². The molecule has 0 aromatic carbocycles. The van der Waals surface area contributed by atoms with Gasteiger partial charge in [0.1, 0.15) is 0 Å². The quantitative estimate of drug-likeness (QED) is 0.674. The van der Waals surface area contributed by atoms with E-state index < -0.39 is 0 Å². The van der Waals surface area contributed by atoms with Crippen LogP contribution in [0.15, 0.2) is 0 Å². The van der Waals surface area contributed by atoms with E-state index in [-0.39, 0.29) is 16.7 Å². The van der Waals surface area contributed by atoms with Crippen LogP contribution in [0.5, 0.6) is 0 Å². The van der Waals surface area contributed by atoms with E-state index in [1.165, 1.54) is 12.8 Å². The second-order valence-electron chi connectivity index (χ2n) is 5.63. The van der Waals surface area contributed by atoms with Crippen LogP contribution in [-0.2, 0) is 4.79 Å². The Balaban J connectivity index is 2.25. The largest absolute Gasteiger partial charge is 0.356 e. The molecule has 0 aliphatic heterocycles. The predicted molar refractivity (Wildman–Crippen MR) is 67.2 cm³/mol. The molecule has 0 bridgehead atoms. The summed E-state index contributed by atoms with van der Waals surface area (Å²) in [5.41, 5.74) is 0.455. The van der Waals surface area contributed by atoms with Crippen molar-refractivity contribution < 1.29 is 4.79 Å². The van der Waals surface area contributed by atoms with Gasteiger partial charge in [-0.2, -0.15) is 12.6 Å². The minimum absolute atomic E-state index is 0.197. The summed E-state index contributed by atoms with van der Waals surface area (Å²) in [5.74, 6) is 1.04. The van der Waals surface area contributed by atoms with Crippen molar-refractivity contribution in [2.45, 2.75) is 46.5 Å². The van der Waals surface area contributed by atoms with E-state index in [2.05, 4.69) is 38.7 Å². The van der Waals surface area contributed by atoms with Crippen LogP contribution < -0.4 is 5.32 Å². The highest BCUT2D eigenvalue weighted by atomic mass is 32.1. The molecule has 0 aromatic rings. The van der Waals surface area contributed by atoms with Gasteiger partial charge in [0.25, 0.3) is 0 Å². The summed E-state index contributed by atoms with van der Waals surface area (Å²) < 4.78 is 0. The highest BCUT2D eigenvalue weighted by Crippen LogP contribution is 2.49. The van der Waals surface area contributed by atoms with Crippen molar-refractivity contribution in [3.8, 4) is 0 Å². The predicted octanol–water partition coefficient (Wildman–Crippen LogP) is 2.64. The first-order chi connectivity index (χ1) is 6.93. The first kappa shape index (κ1) is 12.9. The van der Waals surface area contributed by atoms with Gasteiger partial charge in [0, 0.05) is 13.0 Å². The van der Waals surface area contributed by atoms with E-state index in [9.17, 15) is 4.79 Å². The molecule has 1 fully saturated rings. The van der Waals surface area contributed by atoms with Crippen LogP contribution in [0.25, 0.3) is 0 Å². The molecule has 0 atom stereocenters. The summed E-state index contributed by atoms with van der Waals surface area (Å²) in [7, 11) is 0. The molecule has 1 amide bonds.